The van der Waals surface area contributed by atoms with Gasteiger partial charge < -0.3 is 4.42 Å². The first-order valence-corrected chi connectivity index (χ1v) is 4.72. The van der Waals surface area contributed by atoms with Gasteiger partial charge in [0.25, 0.3) is 0 Å². The summed E-state index contributed by atoms with van der Waals surface area (Å²) in [5, 5.41) is 2.66. The second-order valence-corrected chi connectivity index (χ2v) is 3.19. The van der Waals surface area contributed by atoms with Crippen LogP contribution in [0, 0.1) is 0 Å². The zero-order chi connectivity index (χ0) is 10.5. The van der Waals surface area contributed by atoms with E-state index in [4.69, 9.17) is 4.42 Å². The fourth-order valence-electron chi connectivity index (χ4n) is 1.31. The van der Waals surface area contributed by atoms with Crippen LogP contribution in [0.25, 0.3) is 0 Å². The van der Waals surface area contributed by atoms with Gasteiger partial charge in [-0.3, -0.25) is 10.1 Å². The molecule has 2 rings (SSSR count). The van der Waals surface area contributed by atoms with Crippen molar-refractivity contribution in [3.05, 3.63) is 54.3 Å². The molecular formula is C12H11NO2. The van der Waals surface area contributed by atoms with E-state index in [-0.39, 0.29) is 5.91 Å². The van der Waals surface area contributed by atoms with E-state index in [0.29, 0.717) is 12.3 Å². The van der Waals surface area contributed by atoms with Gasteiger partial charge in [0.05, 0.1) is 12.7 Å². The Balaban J connectivity index is 1.94. The van der Waals surface area contributed by atoms with Crippen LogP contribution in [0.15, 0.2) is 53.1 Å². The second-order valence-electron chi connectivity index (χ2n) is 3.19. The van der Waals surface area contributed by atoms with Crippen molar-refractivity contribution in [2.24, 2.45) is 0 Å². The predicted molar refractivity (Wildman–Crippen MR) is 57.5 cm³/mol. The zero-order valence-corrected chi connectivity index (χ0v) is 8.14. The number of hydrogen-bond donors (Lipinski definition) is 1. The normalized spacial score (nSPS) is 9.87. The Kier molecular flexibility index (Phi) is 2.83. The molecule has 0 aliphatic heterocycles. The first-order chi connectivity index (χ1) is 7.34. The largest absolute Gasteiger partial charge is 0.449 e. The Bertz CT molecular complexity index is 420. The quantitative estimate of drug-likeness (QED) is 0.828. The van der Waals surface area contributed by atoms with Crippen LogP contribution in [-0.2, 0) is 11.2 Å². The van der Waals surface area contributed by atoms with Gasteiger partial charge in [-0.1, -0.05) is 30.3 Å². The summed E-state index contributed by atoms with van der Waals surface area (Å²) in [5.74, 6) is 0.409. The number of benzene rings is 1. The van der Waals surface area contributed by atoms with E-state index in [9.17, 15) is 4.79 Å². The van der Waals surface area contributed by atoms with Crippen molar-refractivity contribution in [3.8, 4) is 0 Å². The van der Waals surface area contributed by atoms with Crippen LogP contribution in [0.3, 0.4) is 0 Å². The number of amides is 1. The van der Waals surface area contributed by atoms with Gasteiger partial charge in [0.1, 0.15) is 0 Å². The van der Waals surface area contributed by atoms with Gasteiger partial charge in [-0.15, -0.1) is 0 Å². The van der Waals surface area contributed by atoms with Gasteiger partial charge >= 0.3 is 0 Å². The molecule has 1 aromatic heterocycles. The summed E-state index contributed by atoms with van der Waals surface area (Å²) in [6.07, 6.45) is 1.89. The number of nitrogens with one attached hydrogen (secondary N) is 1. The molecule has 0 fully saturated rings. The predicted octanol–water partition coefficient (Wildman–Crippen LogP) is 2.46. The zero-order valence-electron chi connectivity index (χ0n) is 8.14. The highest BCUT2D eigenvalue weighted by molar-refractivity contribution is 5.90. The fraction of sp³-hybridized carbons (Fsp3) is 0.0833. The highest BCUT2D eigenvalue weighted by Crippen LogP contribution is 2.07. The summed E-state index contributed by atoms with van der Waals surface area (Å²) in [4.78, 5) is 11.5. The number of anilines is 1. The van der Waals surface area contributed by atoms with E-state index in [1.165, 1.54) is 6.26 Å². The standard InChI is InChI=1S/C12H11NO2/c14-11(13-12-7-4-8-15-12)9-10-5-2-1-3-6-10/h1-8H,9H2,(H,13,14). The molecule has 15 heavy (non-hydrogen) atoms. The average Bonchev–Trinajstić information content (AvgIpc) is 2.71. The molecule has 0 spiro atoms. The molecule has 3 heteroatoms. The molecule has 0 unspecified atom stereocenters. The Morgan fingerprint density at radius 1 is 1.13 bits per heavy atom. The van der Waals surface area contributed by atoms with Crippen molar-refractivity contribution in [2.45, 2.75) is 6.42 Å². The van der Waals surface area contributed by atoms with Crippen molar-refractivity contribution in [2.75, 3.05) is 5.32 Å². The summed E-state index contributed by atoms with van der Waals surface area (Å²) in [5.41, 5.74) is 0.988. The molecule has 1 N–H and O–H groups in total. The van der Waals surface area contributed by atoms with Crippen molar-refractivity contribution < 1.29 is 9.21 Å². The van der Waals surface area contributed by atoms with Gasteiger partial charge in [-0.2, -0.15) is 0 Å². The third-order valence-corrected chi connectivity index (χ3v) is 1.99. The fourth-order valence-corrected chi connectivity index (χ4v) is 1.31. The number of carbonyl (C=O) groups excluding carboxylic acids is 1. The van der Waals surface area contributed by atoms with E-state index < -0.39 is 0 Å². The van der Waals surface area contributed by atoms with E-state index in [0.717, 1.165) is 5.56 Å². The van der Waals surface area contributed by atoms with Crippen LogP contribution in [0.1, 0.15) is 5.56 Å². The second kappa shape index (κ2) is 4.46. The van der Waals surface area contributed by atoms with Gasteiger partial charge in [-0.25, -0.2) is 0 Å². The first-order valence-electron chi connectivity index (χ1n) is 4.72. The monoisotopic (exact) mass is 201 g/mol. The topological polar surface area (TPSA) is 42.2 Å². The summed E-state index contributed by atoms with van der Waals surface area (Å²) in [7, 11) is 0. The van der Waals surface area contributed by atoms with Crippen LogP contribution < -0.4 is 5.32 Å². The molecular weight excluding hydrogens is 190 g/mol. The molecule has 76 valence electrons. The molecule has 1 heterocycles. The third kappa shape index (κ3) is 2.71. The van der Waals surface area contributed by atoms with E-state index >= 15 is 0 Å². The minimum Gasteiger partial charge on any atom is -0.449 e. The van der Waals surface area contributed by atoms with E-state index in [1.54, 1.807) is 12.1 Å². The van der Waals surface area contributed by atoms with Gasteiger partial charge in [0, 0.05) is 6.07 Å². The first kappa shape index (κ1) is 9.52. The van der Waals surface area contributed by atoms with Crippen LogP contribution in [0.2, 0.25) is 0 Å². The lowest BCUT2D eigenvalue weighted by Crippen LogP contribution is -2.13. The Labute approximate surface area is 87.7 Å². The van der Waals surface area contributed by atoms with E-state index in [2.05, 4.69) is 5.32 Å². The number of hydrogen-bond acceptors (Lipinski definition) is 2. The average molecular weight is 201 g/mol. The number of rotatable bonds is 3. The van der Waals surface area contributed by atoms with Crippen molar-refractivity contribution >= 4 is 11.8 Å². The summed E-state index contributed by atoms with van der Waals surface area (Å²) in [6.45, 7) is 0. The van der Waals surface area contributed by atoms with Gasteiger partial charge in [0.2, 0.25) is 5.91 Å². The molecule has 0 saturated heterocycles. The molecule has 0 aliphatic rings. The number of furan rings is 1. The van der Waals surface area contributed by atoms with Crippen LogP contribution >= 0.6 is 0 Å². The van der Waals surface area contributed by atoms with Crippen molar-refractivity contribution in [3.63, 3.8) is 0 Å². The Morgan fingerprint density at radius 2 is 1.93 bits per heavy atom. The SMILES string of the molecule is O=C(Cc1ccccc1)Nc1ccco1. The smallest absolute Gasteiger partial charge is 0.231 e. The molecule has 1 aromatic carbocycles. The lowest BCUT2D eigenvalue weighted by molar-refractivity contribution is -0.115. The highest BCUT2D eigenvalue weighted by Gasteiger charge is 2.04. The van der Waals surface area contributed by atoms with Crippen LogP contribution in [-0.4, -0.2) is 5.91 Å². The van der Waals surface area contributed by atoms with Crippen LogP contribution in [0.4, 0.5) is 5.88 Å². The van der Waals surface area contributed by atoms with Crippen LogP contribution in [0.5, 0.6) is 0 Å². The minimum absolute atomic E-state index is 0.0730. The Hall–Kier alpha value is -2.03. The molecule has 0 atom stereocenters. The molecule has 3 nitrogen and oxygen atoms in total. The maximum Gasteiger partial charge on any atom is 0.231 e. The summed E-state index contributed by atoms with van der Waals surface area (Å²) < 4.78 is 5.01. The lowest BCUT2D eigenvalue weighted by Gasteiger charge is -2.01. The van der Waals surface area contributed by atoms with Gasteiger partial charge in [-0.05, 0) is 11.6 Å². The molecule has 0 saturated carbocycles. The highest BCUT2D eigenvalue weighted by atomic mass is 16.3. The molecule has 0 radical (unpaired) electrons. The molecule has 0 bridgehead atoms. The number of carbonyl (C=O) groups is 1. The summed E-state index contributed by atoms with van der Waals surface area (Å²) >= 11 is 0. The molecule has 0 aliphatic carbocycles. The van der Waals surface area contributed by atoms with Crippen molar-refractivity contribution in [1.29, 1.82) is 0 Å². The lowest BCUT2D eigenvalue weighted by atomic mass is 10.1. The third-order valence-electron chi connectivity index (χ3n) is 1.99. The van der Waals surface area contributed by atoms with Gasteiger partial charge in [0.15, 0.2) is 5.88 Å². The maximum absolute atomic E-state index is 11.5. The molecule has 2 aromatic rings. The minimum atomic E-state index is -0.0730. The Morgan fingerprint density at radius 3 is 2.60 bits per heavy atom. The van der Waals surface area contributed by atoms with E-state index in [1.807, 2.05) is 30.3 Å². The maximum atomic E-state index is 11.5. The van der Waals surface area contributed by atoms with Crippen molar-refractivity contribution in [1.82, 2.24) is 0 Å². The summed E-state index contributed by atoms with van der Waals surface area (Å²) in [6, 6.07) is 13.0. The molecule has 1 amide bonds.